The molecule has 0 heterocycles. The summed E-state index contributed by atoms with van der Waals surface area (Å²) in [5.74, 6) is 0. The first-order chi connectivity index (χ1) is 3.63. The minimum atomic E-state index is -0.419. The van der Waals surface area contributed by atoms with Crippen LogP contribution < -0.4 is 0 Å². The van der Waals surface area contributed by atoms with Crippen molar-refractivity contribution in [3.8, 4) is 0 Å². The van der Waals surface area contributed by atoms with Crippen molar-refractivity contribution in [3.63, 3.8) is 0 Å². The van der Waals surface area contributed by atoms with Gasteiger partial charge in [0.1, 0.15) is 0 Å². The molecule has 3 heteroatoms. The second-order valence-corrected chi connectivity index (χ2v) is 2.16. The van der Waals surface area contributed by atoms with E-state index in [0.29, 0.717) is 6.42 Å². The molecule has 1 unspecified atom stereocenters. The van der Waals surface area contributed by atoms with Crippen molar-refractivity contribution in [2.24, 2.45) is 0 Å². The van der Waals surface area contributed by atoms with Gasteiger partial charge in [-0.2, -0.15) is 0 Å². The summed E-state index contributed by atoms with van der Waals surface area (Å²) in [6.45, 7) is 1.62. The maximum Gasteiger partial charge on any atom is 0.221 e. The molecule has 0 saturated carbocycles. The zero-order valence-electron chi connectivity index (χ0n) is 4.72. The third-order valence-electron chi connectivity index (χ3n) is 0.759. The van der Waals surface area contributed by atoms with Crippen molar-refractivity contribution in [2.45, 2.75) is 25.9 Å². The van der Waals surface area contributed by atoms with E-state index in [-0.39, 0.29) is 11.7 Å². The Morgan fingerprint density at radius 2 is 2.38 bits per heavy atom. The molecule has 0 aliphatic heterocycles. The molecule has 1 N–H and O–H groups in total. The molecule has 0 fully saturated rings. The average molecular weight is 137 g/mol. The van der Waals surface area contributed by atoms with Gasteiger partial charge in [0, 0.05) is 6.42 Å². The van der Waals surface area contributed by atoms with Crippen LogP contribution in [0.2, 0.25) is 0 Å². The molecule has 2 nitrogen and oxygen atoms in total. The van der Waals surface area contributed by atoms with Crippen LogP contribution in [0.15, 0.2) is 0 Å². The highest BCUT2D eigenvalue weighted by Gasteiger charge is 1.98. The Morgan fingerprint density at radius 3 is 2.50 bits per heavy atom. The Labute approximate surface area is 53.5 Å². The predicted molar refractivity (Wildman–Crippen MR) is 31.8 cm³/mol. The number of hydrogen-bond acceptors (Lipinski definition) is 2. The zero-order chi connectivity index (χ0) is 6.57. The first-order valence-electron chi connectivity index (χ1n) is 2.49. The van der Waals surface area contributed by atoms with Gasteiger partial charge in [0.25, 0.3) is 0 Å². The fourth-order valence-corrected chi connectivity index (χ4v) is 0.431. The molecule has 0 aliphatic rings. The largest absolute Gasteiger partial charge is 0.393 e. The smallest absolute Gasteiger partial charge is 0.221 e. The van der Waals surface area contributed by atoms with E-state index < -0.39 is 6.10 Å². The van der Waals surface area contributed by atoms with Crippen LogP contribution in [0.5, 0.6) is 0 Å². The molecule has 48 valence electrons. The van der Waals surface area contributed by atoms with Gasteiger partial charge < -0.3 is 5.11 Å². The van der Waals surface area contributed by atoms with Gasteiger partial charge >= 0.3 is 0 Å². The maximum absolute atomic E-state index is 10.0. The van der Waals surface area contributed by atoms with Gasteiger partial charge in [-0.3, -0.25) is 4.79 Å². The minimum absolute atomic E-state index is 0.263. The number of rotatable bonds is 3. The Morgan fingerprint density at radius 1 is 1.88 bits per heavy atom. The summed E-state index contributed by atoms with van der Waals surface area (Å²) in [5, 5.41) is 8.21. The molecule has 0 aromatic rings. The summed E-state index contributed by atoms with van der Waals surface area (Å²) >= 11 is 4.97. The molecule has 0 aliphatic carbocycles. The molecular weight excluding hydrogens is 128 g/mol. The van der Waals surface area contributed by atoms with E-state index in [2.05, 4.69) is 0 Å². The van der Waals surface area contributed by atoms with Gasteiger partial charge in [-0.1, -0.05) is 0 Å². The van der Waals surface area contributed by atoms with Crippen molar-refractivity contribution in [3.05, 3.63) is 0 Å². The van der Waals surface area contributed by atoms with Gasteiger partial charge in [-0.05, 0) is 24.9 Å². The van der Waals surface area contributed by atoms with Crippen LogP contribution in [0.4, 0.5) is 0 Å². The normalized spacial score (nSPS) is 13.4. The van der Waals surface area contributed by atoms with Crippen molar-refractivity contribution in [1.82, 2.24) is 0 Å². The van der Waals surface area contributed by atoms with E-state index in [0.717, 1.165) is 0 Å². The van der Waals surface area contributed by atoms with Crippen LogP contribution in [0, 0.1) is 0 Å². The first-order valence-corrected chi connectivity index (χ1v) is 2.87. The molecule has 0 spiro atoms. The summed E-state index contributed by atoms with van der Waals surface area (Å²) in [7, 11) is 0. The molecule has 1 atom stereocenters. The highest BCUT2D eigenvalue weighted by molar-refractivity contribution is 6.63. The number of carbonyl (C=O) groups excluding carboxylic acids is 1. The molecule has 8 heavy (non-hydrogen) atoms. The molecular formula is C5H9ClO2. The molecule has 0 amide bonds. The number of aliphatic hydroxyl groups excluding tert-OH is 1. The molecule has 0 aromatic carbocycles. The van der Waals surface area contributed by atoms with Crippen LogP contribution >= 0.6 is 11.6 Å². The summed E-state index contributed by atoms with van der Waals surface area (Å²) in [6.07, 6.45) is 0.305. The lowest BCUT2D eigenvalue weighted by molar-refractivity contribution is -0.112. The summed E-state index contributed by atoms with van der Waals surface area (Å²) in [6, 6.07) is 0. The topological polar surface area (TPSA) is 37.3 Å². The van der Waals surface area contributed by atoms with E-state index in [9.17, 15) is 4.79 Å². The Hall–Kier alpha value is -0.0800. The number of hydrogen-bond donors (Lipinski definition) is 1. The molecule has 0 radical (unpaired) electrons. The monoisotopic (exact) mass is 136 g/mol. The SMILES string of the molecule is CC(O)CCC(=O)Cl. The summed E-state index contributed by atoms with van der Waals surface area (Å²) < 4.78 is 0. The lowest BCUT2D eigenvalue weighted by atomic mass is 10.2. The second kappa shape index (κ2) is 3.87. The number of aliphatic hydroxyl groups is 1. The van der Waals surface area contributed by atoms with Crippen molar-refractivity contribution in [1.29, 1.82) is 0 Å². The van der Waals surface area contributed by atoms with Crippen molar-refractivity contribution < 1.29 is 9.90 Å². The Balaban J connectivity index is 3.05. The fraction of sp³-hybridized carbons (Fsp3) is 0.800. The number of carbonyl (C=O) groups is 1. The average Bonchev–Trinajstić information content (AvgIpc) is 1.61. The van der Waals surface area contributed by atoms with E-state index in [1.54, 1.807) is 6.92 Å². The number of halogens is 1. The van der Waals surface area contributed by atoms with Gasteiger partial charge in [0.05, 0.1) is 6.10 Å². The predicted octanol–water partition coefficient (Wildman–Crippen LogP) is 0.913. The van der Waals surface area contributed by atoms with E-state index >= 15 is 0 Å². The van der Waals surface area contributed by atoms with Crippen LogP contribution in [-0.4, -0.2) is 16.5 Å². The van der Waals surface area contributed by atoms with Crippen molar-refractivity contribution in [2.75, 3.05) is 0 Å². The molecule has 0 bridgehead atoms. The molecule has 0 aromatic heterocycles. The van der Waals surface area contributed by atoms with Gasteiger partial charge in [0.15, 0.2) is 0 Å². The maximum atomic E-state index is 10.0. The minimum Gasteiger partial charge on any atom is -0.393 e. The van der Waals surface area contributed by atoms with Crippen LogP contribution in [0.25, 0.3) is 0 Å². The highest BCUT2D eigenvalue weighted by atomic mass is 35.5. The quantitative estimate of drug-likeness (QED) is 0.586. The van der Waals surface area contributed by atoms with Gasteiger partial charge in [-0.15, -0.1) is 0 Å². The van der Waals surface area contributed by atoms with Gasteiger partial charge in [-0.25, -0.2) is 0 Å². The van der Waals surface area contributed by atoms with E-state index in [1.165, 1.54) is 0 Å². The third kappa shape index (κ3) is 5.92. The van der Waals surface area contributed by atoms with E-state index in [1.807, 2.05) is 0 Å². The van der Waals surface area contributed by atoms with E-state index in [4.69, 9.17) is 16.7 Å². The first kappa shape index (κ1) is 7.92. The van der Waals surface area contributed by atoms with Crippen LogP contribution in [0.1, 0.15) is 19.8 Å². The van der Waals surface area contributed by atoms with Crippen molar-refractivity contribution >= 4 is 16.8 Å². The highest BCUT2D eigenvalue weighted by Crippen LogP contribution is 1.98. The second-order valence-electron chi connectivity index (χ2n) is 1.74. The van der Waals surface area contributed by atoms with Gasteiger partial charge in [0.2, 0.25) is 5.24 Å². The van der Waals surface area contributed by atoms with Crippen LogP contribution in [0.3, 0.4) is 0 Å². The fourth-order valence-electron chi connectivity index (χ4n) is 0.322. The zero-order valence-corrected chi connectivity index (χ0v) is 5.48. The lowest BCUT2D eigenvalue weighted by Gasteiger charge is -1.97. The third-order valence-corrected chi connectivity index (χ3v) is 0.948. The molecule has 0 rings (SSSR count). The standard InChI is InChI=1S/C5H9ClO2/c1-4(7)2-3-5(6)8/h4,7H,2-3H2,1H3. The van der Waals surface area contributed by atoms with Crippen LogP contribution in [-0.2, 0) is 4.79 Å². The lowest BCUT2D eigenvalue weighted by Crippen LogP contribution is -2.00. The molecule has 0 saturated heterocycles. The Bertz CT molecular complexity index is 80.5. The Kier molecular flexibility index (Phi) is 3.83. The summed E-state index contributed by atoms with van der Waals surface area (Å²) in [4.78, 5) is 10.0. The summed E-state index contributed by atoms with van der Waals surface area (Å²) in [5.41, 5.74) is 0.